The molecule has 0 bridgehead atoms. The van der Waals surface area contributed by atoms with Gasteiger partial charge in [-0.25, -0.2) is 9.97 Å². The predicted molar refractivity (Wildman–Crippen MR) is 224 cm³/mol. The van der Waals surface area contributed by atoms with Crippen LogP contribution in [0.25, 0.3) is 119 Å². The van der Waals surface area contributed by atoms with E-state index in [0.717, 1.165) is 38.3 Å². The number of hydrogen-bond acceptors (Lipinski definition) is 3. The van der Waals surface area contributed by atoms with Crippen LogP contribution >= 0.6 is 11.3 Å². The van der Waals surface area contributed by atoms with Crippen LogP contribution in [0.3, 0.4) is 0 Å². The maximum Gasteiger partial charge on any atom is 0.162 e. The molecule has 5 heterocycles. The molecule has 13 aromatic rings. The van der Waals surface area contributed by atoms with Gasteiger partial charge in [-0.2, -0.15) is 0 Å². The Morgan fingerprint density at radius 3 is 1.98 bits per heavy atom. The van der Waals surface area contributed by atoms with Crippen molar-refractivity contribution in [3.05, 3.63) is 158 Å². The smallest absolute Gasteiger partial charge is 0.162 e. The second-order valence-electron chi connectivity index (χ2n) is 14.1. The standard InChI is InChI=1S/C48H26N4S/c1-2-13-29-25-30(22-21-27(29)11-1)47-49-43-34-17-7-10-20-40(34)53-46(43)48(50-47)52-39-26-36-32-15-5-8-18-37(32)51-38-19-9-6-16-33(38)42(45(36)51)41(39)35-24-23-28-12-3-4-14-31(28)44(35)52/h1-26H. The summed E-state index contributed by atoms with van der Waals surface area (Å²) in [7, 11) is 0. The van der Waals surface area contributed by atoms with E-state index in [-0.39, 0.29) is 0 Å². The molecule has 5 aromatic heterocycles. The fraction of sp³-hybridized carbons (Fsp3) is 0. The zero-order valence-corrected chi connectivity index (χ0v) is 29.0. The quantitative estimate of drug-likeness (QED) is 0.181. The summed E-state index contributed by atoms with van der Waals surface area (Å²) in [6.07, 6.45) is 0. The van der Waals surface area contributed by atoms with Crippen molar-refractivity contribution in [1.29, 1.82) is 0 Å². The molecule has 8 aromatic carbocycles. The number of benzene rings is 8. The summed E-state index contributed by atoms with van der Waals surface area (Å²) in [5, 5.41) is 13.5. The first-order chi connectivity index (χ1) is 26.3. The molecule has 0 N–H and O–H groups in total. The van der Waals surface area contributed by atoms with Gasteiger partial charge in [0, 0.05) is 53.4 Å². The van der Waals surface area contributed by atoms with Crippen molar-refractivity contribution in [2.75, 3.05) is 0 Å². The Kier molecular flexibility index (Phi) is 5.22. The largest absolute Gasteiger partial charge is 0.308 e. The lowest BCUT2D eigenvalue weighted by Crippen LogP contribution is -2.02. The van der Waals surface area contributed by atoms with Gasteiger partial charge in [-0.15, -0.1) is 11.3 Å². The molecule has 0 saturated heterocycles. The van der Waals surface area contributed by atoms with Crippen molar-refractivity contribution in [2.45, 2.75) is 0 Å². The van der Waals surface area contributed by atoms with Gasteiger partial charge in [0.25, 0.3) is 0 Å². The Morgan fingerprint density at radius 1 is 0.434 bits per heavy atom. The number of aromatic nitrogens is 4. The van der Waals surface area contributed by atoms with Gasteiger partial charge in [-0.05, 0) is 46.5 Å². The lowest BCUT2D eigenvalue weighted by molar-refractivity contribution is 1.09. The molecular weight excluding hydrogens is 665 g/mol. The number of fused-ring (bicyclic) bond motifs is 16. The van der Waals surface area contributed by atoms with E-state index in [0.29, 0.717) is 0 Å². The van der Waals surface area contributed by atoms with Crippen molar-refractivity contribution >= 4 is 113 Å². The van der Waals surface area contributed by atoms with E-state index in [1.54, 1.807) is 11.3 Å². The third-order valence-corrected chi connectivity index (χ3v) is 12.6. The van der Waals surface area contributed by atoms with Crippen molar-refractivity contribution in [1.82, 2.24) is 18.9 Å². The van der Waals surface area contributed by atoms with Crippen molar-refractivity contribution in [3.63, 3.8) is 0 Å². The number of thiophene rings is 1. The van der Waals surface area contributed by atoms with Crippen molar-refractivity contribution in [2.24, 2.45) is 0 Å². The molecular formula is C48H26N4S. The van der Waals surface area contributed by atoms with E-state index < -0.39 is 0 Å². The highest BCUT2D eigenvalue weighted by Crippen LogP contribution is 2.49. The Labute approximate surface area is 305 Å². The van der Waals surface area contributed by atoms with Crippen LogP contribution in [0.15, 0.2) is 158 Å². The van der Waals surface area contributed by atoms with Gasteiger partial charge in [-0.3, -0.25) is 4.57 Å². The van der Waals surface area contributed by atoms with Crippen LogP contribution in [0.4, 0.5) is 0 Å². The Balaban J connectivity index is 1.29. The first-order valence-electron chi connectivity index (χ1n) is 18.0. The number of nitrogens with zero attached hydrogens (tertiary/aromatic N) is 4. The molecule has 0 saturated carbocycles. The molecule has 0 fully saturated rings. The first-order valence-corrected chi connectivity index (χ1v) is 18.8. The van der Waals surface area contributed by atoms with Crippen LogP contribution in [-0.4, -0.2) is 18.9 Å². The van der Waals surface area contributed by atoms with E-state index in [2.05, 4.69) is 167 Å². The molecule has 0 aliphatic heterocycles. The van der Waals surface area contributed by atoms with Gasteiger partial charge in [0.05, 0.1) is 37.8 Å². The summed E-state index contributed by atoms with van der Waals surface area (Å²) in [5.74, 6) is 1.64. The number of para-hydroxylation sites is 2. The molecule has 0 amide bonds. The average molecular weight is 691 g/mol. The van der Waals surface area contributed by atoms with Gasteiger partial charge in [0.15, 0.2) is 11.6 Å². The fourth-order valence-electron chi connectivity index (χ4n) is 9.18. The highest BCUT2D eigenvalue weighted by Gasteiger charge is 2.27. The first kappa shape index (κ1) is 27.8. The maximum absolute atomic E-state index is 5.62. The molecule has 4 nitrogen and oxygen atoms in total. The lowest BCUT2D eigenvalue weighted by atomic mass is 10.0. The van der Waals surface area contributed by atoms with Crippen LogP contribution in [-0.2, 0) is 0 Å². The van der Waals surface area contributed by atoms with Crippen molar-refractivity contribution in [3.8, 4) is 17.2 Å². The van der Waals surface area contributed by atoms with E-state index in [1.165, 1.54) is 80.6 Å². The maximum atomic E-state index is 5.62. The fourth-order valence-corrected chi connectivity index (χ4v) is 10.3. The lowest BCUT2D eigenvalue weighted by Gasteiger charge is -2.12. The second-order valence-corrected chi connectivity index (χ2v) is 15.2. The Hall–Kier alpha value is -6.82. The van der Waals surface area contributed by atoms with Gasteiger partial charge >= 0.3 is 0 Å². The molecule has 13 rings (SSSR count). The second kappa shape index (κ2) is 9.94. The molecule has 0 atom stereocenters. The molecule has 244 valence electrons. The van der Waals surface area contributed by atoms with E-state index in [4.69, 9.17) is 9.97 Å². The summed E-state index contributed by atoms with van der Waals surface area (Å²) >= 11 is 1.78. The third-order valence-electron chi connectivity index (χ3n) is 11.4. The summed E-state index contributed by atoms with van der Waals surface area (Å²) in [6, 6.07) is 57.3. The van der Waals surface area contributed by atoms with E-state index in [1.807, 2.05) is 0 Å². The van der Waals surface area contributed by atoms with Crippen LogP contribution in [0.2, 0.25) is 0 Å². The molecule has 0 spiro atoms. The SMILES string of the molecule is c1ccc2cc(-c3nc(-n4c5cc6c7ccccc7n7c8ccccc8c(c5c5ccc8ccccc8c54)c67)c4sc5ccccc5c4n3)ccc2c1. The zero-order chi connectivity index (χ0) is 34.4. The van der Waals surface area contributed by atoms with E-state index >= 15 is 0 Å². The Bertz CT molecular complexity index is 3700. The van der Waals surface area contributed by atoms with Gasteiger partial charge in [-0.1, -0.05) is 127 Å². The monoisotopic (exact) mass is 690 g/mol. The molecule has 5 heteroatoms. The van der Waals surface area contributed by atoms with Crippen LogP contribution < -0.4 is 0 Å². The van der Waals surface area contributed by atoms with Gasteiger partial charge in [0.1, 0.15) is 0 Å². The van der Waals surface area contributed by atoms with Gasteiger partial charge in [0.2, 0.25) is 0 Å². The number of rotatable bonds is 2. The summed E-state index contributed by atoms with van der Waals surface area (Å²) in [6.45, 7) is 0. The minimum Gasteiger partial charge on any atom is -0.308 e. The Morgan fingerprint density at radius 2 is 1.11 bits per heavy atom. The van der Waals surface area contributed by atoms with Crippen LogP contribution in [0.1, 0.15) is 0 Å². The normalized spacial score (nSPS) is 12.5. The third kappa shape index (κ3) is 3.54. The van der Waals surface area contributed by atoms with E-state index in [9.17, 15) is 0 Å². The molecule has 53 heavy (non-hydrogen) atoms. The molecule has 0 aliphatic rings. The molecule has 0 aliphatic carbocycles. The van der Waals surface area contributed by atoms with Crippen LogP contribution in [0.5, 0.6) is 0 Å². The van der Waals surface area contributed by atoms with Crippen LogP contribution in [0, 0.1) is 0 Å². The number of hydrogen-bond donors (Lipinski definition) is 0. The highest BCUT2D eigenvalue weighted by atomic mass is 32.1. The van der Waals surface area contributed by atoms with Crippen molar-refractivity contribution < 1.29 is 0 Å². The predicted octanol–water partition coefficient (Wildman–Crippen LogP) is 13.1. The average Bonchev–Trinajstić information content (AvgIpc) is 3.96. The molecule has 0 radical (unpaired) electrons. The minimum atomic E-state index is 0.726. The summed E-state index contributed by atoms with van der Waals surface area (Å²) in [5.41, 5.74) is 8.06. The topological polar surface area (TPSA) is 35.1 Å². The summed E-state index contributed by atoms with van der Waals surface area (Å²) in [4.78, 5) is 11.0. The zero-order valence-electron chi connectivity index (χ0n) is 28.2. The molecule has 0 unspecified atom stereocenters. The highest BCUT2D eigenvalue weighted by molar-refractivity contribution is 7.26. The summed E-state index contributed by atoms with van der Waals surface area (Å²) < 4.78 is 7.24. The minimum absolute atomic E-state index is 0.726. The van der Waals surface area contributed by atoms with Gasteiger partial charge < -0.3 is 4.40 Å².